The summed E-state index contributed by atoms with van der Waals surface area (Å²) in [6, 6.07) is 13.4. The third kappa shape index (κ3) is 5.50. The van der Waals surface area contributed by atoms with Crippen LogP contribution in [0.15, 0.2) is 42.5 Å². The zero-order valence-electron chi connectivity index (χ0n) is 17.2. The highest BCUT2D eigenvalue weighted by atomic mass is 16.5. The molecule has 6 nitrogen and oxygen atoms in total. The van der Waals surface area contributed by atoms with E-state index in [0.29, 0.717) is 30.3 Å². The van der Waals surface area contributed by atoms with Gasteiger partial charge in [0.05, 0.1) is 12.3 Å². The molecular formula is C23H28N2O4. The number of carbonyl (C=O) groups excluding carboxylic acids is 2. The standard InChI is InChI=1S/C23H28N2O4/c1-16(2)23(27)24-18-9-10-21-20(14-18)25(22(26)15-29-21)11-4-5-12-28-19-8-6-7-17(3)13-19/h6-10,13-14,16H,4-5,11-12,15H2,1-3H3,(H,24,27). The summed E-state index contributed by atoms with van der Waals surface area (Å²) in [5, 5.41) is 2.87. The fourth-order valence-corrected chi connectivity index (χ4v) is 3.08. The van der Waals surface area contributed by atoms with Crippen molar-refractivity contribution in [3.63, 3.8) is 0 Å². The van der Waals surface area contributed by atoms with Gasteiger partial charge in [-0.05, 0) is 55.7 Å². The molecule has 2 aromatic rings. The second-order valence-electron chi connectivity index (χ2n) is 7.53. The van der Waals surface area contributed by atoms with Crippen LogP contribution in [0, 0.1) is 12.8 Å². The van der Waals surface area contributed by atoms with Crippen LogP contribution < -0.4 is 19.7 Å². The first kappa shape index (κ1) is 20.7. The molecule has 0 fully saturated rings. The van der Waals surface area contributed by atoms with Crippen LogP contribution in [0.5, 0.6) is 11.5 Å². The third-order valence-electron chi connectivity index (χ3n) is 4.73. The lowest BCUT2D eigenvalue weighted by molar-refractivity contribution is -0.121. The van der Waals surface area contributed by atoms with Gasteiger partial charge in [-0.1, -0.05) is 26.0 Å². The lowest BCUT2D eigenvalue weighted by Crippen LogP contribution is -2.39. The average Bonchev–Trinajstić information content (AvgIpc) is 2.69. The molecule has 0 bridgehead atoms. The van der Waals surface area contributed by atoms with Crippen molar-refractivity contribution in [2.24, 2.45) is 5.92 Å². The van der Waals surface area contributed by atoms with Gasteiger partial charge in [-0.2, -0.15) is 0 Å². The molecule has 2 amide bonds. The molecule has 0 radical (unpaired) electrons. The minimum absolute atomic E-state index is 0.0322. The quantitative estimate of drug-likeness (QED) is 0.680. The molecule has 0 aliphatic carbocycles. The number of hydrogen-bond acceptors (Lipinski definition) is 4. The maximum Gasteiger partial charge on any atom is 0.265 e. The molecular weight excluding hydrogens is 368 g/mol. The summed E-state index contributed by atoms with van der Waals surface area (Å²) in [6.45, 7) is 6.92. The Morgan fingerprint density at radius 1 is 1.21 bits per heavy atom. The molecule has 3 rings (SSSR count). The number of nitrogens with one attached hydrogen (secondary N) is 1. The molecule has 1 aliphatic heterocycles. The lowest BCUT2D eigenvalue weighted by atomic mass is 10.1. The van der Waals surface area contributed by atoms with Gasteiger partial charge in [0.2, 0.25) is 5.91 Å². The Labute approximate surface area is 171 Å². The number of unbranched alkanes of at least 4 members (excludes halogenated alkanes) is 1. The zero-order valence-corrected chi connectivity index (χ0v) is 17.2. The second kappa shape index (κ2) is 9.45. The highest BCUT2D eigenvalue weighted by Gasteiger charge is 2.25. The molecule has 1 heterocycles. The smallest absolute Gasteiger partial charge is 0.265 e. The molecule has 0 aromatic heterocycles. The van der Waals surface area contributed by atoms with Gasteiger partial charge in [-0.3, -0.25) is 9.59 Å². The number of amides is 2. The zero-order chi connectivity index (χ0) is 20.8. The van der Waals surface area contributed by atoms with E-state index in [9.17, 15) is 9.59 Å². The van der Waals surface area contributed by atoms with Crippen molar-refractivity contribution in [1.29, 1.82) is 0 Å². The number of carbonyl (C=O) groups is 2. The predicted molar refractivity (Wildman–Crippen MR) is 114 cm³/mol. The van der Waals surface area contributed by atoms with E-state index in [0.717, 1.165) is 18.6 Å². The minimum Gasteiger partial charge on any atom is -0.494 e. The predicted octanol–water partition coefficient (Wildman–Crippen LogP) is 4.17. The first-order valence-electron chi connectivity index (χ1n) is 10.0. The Kier molecular flexibility index (Phi) is 6.75. The minimum atomic E-state index is -0.117. The molecule has 154 valence electrons. The highest BCUT2D eigenvalue weighted by Crippen LogP contribution is 2.35. The molecule has 2 aromatic carbocycles. The maximum absolute atomic E-state index is 12.4. The number of fused-ring (bicyclic) bond motifs is 1. The van der Waals surface area contributed by atoms with Crippen molar-refractivity contribution in [2.75, 3.05) is 30.0 Å². The number of ether oxygens (including phenoxy) is 2. The summed E-state index contributed by atoms with van der Waals surface area (Å²) in [6.07, 6.45) is 1.64. The third-order valence-corrected chi connectivity index (χ3v) is 4.73. The van der Waals surface area contributed by atoms with Crippen LogP contribution in [0.2, 0.25) is 0 Å². The Balaban J connectivity index is 1.58. The SMILES string of the molecule is Cc1cccc(OCCCCN2C(=O)COc3ccc(NC(=O)C(C)C)cc32)c1. The number of nitrogens with zero attached hydrogens (tertiary/aromatic N) is 1. The Morgan fingerprint density at radius 2 is 2.03 bits per heavy atom. The van der Waals surface area contributed by atoms with Gasteiger partial charge in [-0.15, -0.1) is 0 Å². The van der Waals surface area contributed by atoms with E-state index in [1.165, 1.54) is 5.56 Å². The summed E-state index contributed by atoms with van der Waals surface area (Å²) >= 11 is 0. The topological polar surface area (TPSA) is 67.9 Å². The van der Waals surface area contributed by atoms with Crippen LogP contribution in [0.4, 0.5) is 11.4 Å². The van der Waals surface area contributed by atoms with E-state index in [1.807, 2.05) is 45.0 Å². The van der Waals surface area contributed by atoms with E-state index < -0.39 is 0 Å². The summed E-state index contributed by atoms with van der Waals surface area (Å²) in [7, 11) is 0. The van der Waals surface area contributed by atoms with Gasteiger partial charge >= 0.3 is 0 Å². The van der Waals surface area contributed by atoms with Gasteiger partial charge in [0.25, 0.3) is 5.91 Å². The van der Waals surface area contributed by atoms with Gasteiger partial charge < -0.3 is 19.7 Å². The summed E-state index contributed by atoms with van der Waals surface area (Å²) in [5.74, 6) is 1.26. The van der Waals surface area contributed by atoms with Crippen molar-refractivity contribution in [1.82, 2.24) is 0 Å². The number of aryl methyl sites for hydroxylation is 1. The number of anilines is 2. The first-order chi connectivity index (χ1) is 13.9. The summed E-state index contributed by atoms with van der Waals surface area (Å²) in [5.41, 5.74) is 2.52. The van der Waals surface area contributed by atoms with E-state index in [4.69, 9.17) is 9.47 Å². The fourth-order valence-electron chi connectivity index (χ4n) is 3.08. The average molecular weight is 396 g/mol. The van der Waals surface area contributed by atoms with Crippen LogP contribution in [0.3, 0.4) is 0 Å². The summed E-state index contributed by atoms with van der Waals surface area (Å²) < 4.78 is 11.3. The first-order valence-corrected chi connectivity index (χ1v) is 10.0. The van der Waals surface area contributed by atoms with E-state index in [1.54, 1.807) is 23.1 Å². The van der Waals surface area contributed by atoms with Crippen molar-refractivity contribution in [2.45, 2.75) is 33.6 Å². The molecule has 0 unspecified atom stereocenters. The van der Waals surface area contributed by atoms with Gasteiger partial charge in [-0.25, -0.2) is 0 Å². The number of hydrogen-bond donors (Lipinski definition) is 1. The van der Waals surface area contributed by atoms with Crippen molar-refractivity contribution >= 4 is 23.2 Å². The van der Waals surface area contributed by atoms with E-state index in [2.05, 4.69) is 5.32 Å². The molecule has 1 aliphatic rings. The van der Waals surface area contributed by atoms with Crippen LogP contribution in [-0.4, -0.2) is 31.6 Å². The van der Waals surface area contributed by atoms with Crippen LogP contribution >= 0.6 is 0 Å². The fraction of sp³-hybridized carbons (Fsp3) is 0.391. The summed E-state index contributed by atoms with van der Waals surface area (Å²) in [4.78, 5) is 26.1. The van der Waals surface area contributed by atoms with Crippen LogP contribution in [-0.2, 0) is 9.59 Å². The maximum atomic E-state index is 12.4. The normalized spacial score (nSPS) is 13.1. The van der Waals surface area contributed by atoms with E-state index >= 15 is 0 Å². The van der Waals surface area contributed by atoms with Crippen LogP contribution in [0.1, 0.15) is 32.3 Å². The Morgan fingerprint density at radius 3 is 2.79 bits per heavy atom. The molecule has 0 saturated heterocycles. The van der Waals surface area contributed by atoms with Gasteiger partial charge in [0.1, 0.15) is 11.5 Å². The van der Waals surface area contributed by atoms with E-state index in [-0.39, 0.29) is 24.3 Å². The monoisotopic (exact) mass is 396 g/mol. The second-order valence-corrected chi connectivity index (χ2v) is 7.53. The number of rotatable bonds is 8. The highest BCUT2D eigenvalue weighted by molar-refractivity contribution is 5.99. The van der Waals surface area contributed by atoms with Crippen molar-refractivity contribution < 1.29 is 19.1 Å². The molecule has 29 heavy (non-hydrogen) atoms. The molecule has 0 saturated carbocycles. The molecule has 0 spiro atoms. The van der Waals surface area contributed by atoms with Gasteiger partial charge in [0, 0.05) is 18.2 Å². The van der Waals surface area contributed by atoms with Crippen molar-refractivity contribution in [3.8, 4) is 11.5 Å². The number of benzene rings is 2. The Hall–Kier alpha value is -3.02. The van der Waals surface area contributed by atoms with Gasteiger partial charge in [0.15, 0.2) is 6.61 Å². The Bertz CT molecular complexity index is 879. The largest absolute Gasteiger partial charge is 0.494 e. The van der Waals surface area contributed by atoms with Crippen LogP contribution in [0.25, 0.3) is 0 Å². The molecule has 0 atom stereocenters. The lowest BCUT2D eigenvalue weighted by Gasteiger charge is -2.30. The molecule has 6 heteroatoms. The molecule has 1 N–H and O–H groups in total. The van der Waals surface area contributed by atoms with Crippen molar-refractivity contribution in [3.05, 3.63) is 48.0 Å².